The van der Waals surface area contributed by atoms with E-state index < -0.39 is 28.2 Å². The minimum Gasteiger partial charge on any atom is -0.479 e. The highest BCUT2D eigenvalue weighted by Gasteiger charge is 2.31. The molecular weight excluding hydrogens is 298 g/mol. The van der Waals surface area contributed by atoms with Gasteiger partial charge < -0.3 is 9.84 Å². The van der Waals surface area contributed by atoms with E-state index in [-0.39, 0.29) is 17.1 Å². The molecule has 8 nitrogen and oxygen atoms in total. The van der Waals surface area contributed by atoms with Crippen molar-refractivity contribution in [2.75, 3.05) is 6.54 Å². The summed E-state index contributed by atoms with van der Waals surface area (Å²) < 4.78 is 31.5. The van der Waals surface area contributed by atoms with Crippen molar-refractivity contribution >= 4 is 16.0 Å². The van der Waals surface area contributed by atoms with E-state index in [1.807, 2.05) is 0 Å². The Labute approximate surface area is 121 Å². The number of carboxylic acids is 1. The van der Waals surface area contributed by atoms with E-state index >= 15 is 0 Å². The molecule has 0 amide bonds. The van der Waals surface area contributed by atoms with Gasteiger partial charge in [0.2, 0.25) is 10.0 Å². The SMILES string of the molecule is N#Cc1ccc(S(=O)(=O)NCC2CCC(C(=O)O)O2)cn1. The quantitative estimate of drug-likeness (QED) is 0.774. The molecule has 2 heterocycles. The van der Waals surface area contributed by atoms with E-state index in [2.05, 4.69) is 9.71 Å². The molecule has 1 aromatic heterocycles. The first-order chi connectivity index (χ1) is 9.92. The zero-order chi connectivity index (χ0) is 15.5. The molecule has 2 N–H and O–H groups in total. The van der Waals surface area contributed by atoms with Crippen LogP contribution < -0.4 is 4.72 Å². The van der Waals surface area contributed by atoms with Crippen molar-refractivity contribution in [2.45, 2.75) is 29.9 Å². The van der Waals surface area contributed by atoms with Gasteiger partial charge in [0.25, 0.3) is 0 Å². The number of ether oxygens (including phenoxy) is 1. The predicted molar refractivity (Wildman–Crippen MR) is 69.7 cm³/mol. The van der Waals surface area contributed by atoms with E-state index in [9.17, 15) is 13.2 Å². The average Bonchev–Trinajstić information content (AvgIpc) is 2.94. The van der Waals surface area contributed by atoms with Gasteiger partial charge in [-0.25, -0.2) is 22.9 Å². The molecule has 1 aliphatic heterocycles. The lowest BCUT2D eigenvalue weighted by atomic mass is 10.2. The van der Waals surface area contributed by atoms with Crippen LogP contribution in [-0.2, 0) is 19.6 Å². The predicted octanol–water partition coefficient (Wildman–Crippen LogP) is -0.136. The molecule has 0 radical (unpaired) electrons. The number of nitrogens with one attached hydrogen (secondary N) is 1. The van der Waals surface area contributed by atoms with Crippen molar-refractivity contribution in [3.8, 4) is 6.07 Å². The molecule has 1 fully saturated rings. The third-order valence-electron chi connectivity index (χ3n) is 3.05. The van der Waals surface area contributed by atoms with Gasteiger partial charge in [-0.2, -0.15) is 5.26 Å². The van der Waals surface area contributed by atoms with Gasteiger partial charge in [-0.3, -0.25) is 0 Å². The molecule has 0 saturated carbocycles. The Morgan fingerprint density at radius 2 is 2.29 bits per heavy atom. The lowest BCUT2D eigenvalue weighted by Crippen LogP contribution is -2.33. The number of carbonyl (C=O) groups is 1. The minimum absolute atomic E-state index is 0.00782. The van der Waals surface area contributed by atoms with Crippen molar-refractivity contribution in [1.29, 1.82) is 5.26 Å². The number of hydrogen-bond acceptors (Lipinski definition) is 6. The molecule has 9 heteroatoms. The standard InChI is InChI=1S/C12H13N3O5S/c13-5-8-1-3-10(7-14-8)21(18,19)15-6-9-2-4-11(20-9)12(16)17/h1,3,7,9,11,15H,2,4,6H2,(H,16,17). The summed E-state index contributed by atoms with van der Waals surface area (Å²) in [5, 5.41) is 17.4. The monoisotopic (exact) mass is 311 g/mol. The molecule has 2 unspecified atom stereocenters. The second-order valence-corrected chi connectivity index (χ2v) is 6.27. The summed E-state index contributed by atoms with van der Waals surface area (Å²) in [4.78, 5) is 14.4. The smallest absolute Gasteiger partial charge is 0.332 e. The fourth-order valence-electron chi connectivity index (χ4n) is 1.93. The lowest BCUT2D eigenvalue weighted by molar-refractivity contribution is -0.149. The molecule has 1 aromatic rings. The fraction of sp³-hybridized carbons (Fsp3) is 0.417. The summed E-state index contributed by atoms with van der Waals surface area (Å²) in [6.07, 6.45) is 0.588. The third kappa shape index (κ3) is 3.75. The Bertz CT molecular complexity index is 665. The summed E-state index contributed by atoms with van der Waals surface area (Å²) in [7, 11) is -3.76. The van der Waals surface area contributed by atoms with Gasteiger partial charge in [0.15, 0.2) is 6.10 Å². The first kappa shape index (κ1) is 15.4. The molecule has 1 saturated heterocycles. The maximum Gasteiger partial charge on any atom is 0.332 e. The van der Waals surface area contributed by atoms with E-state index in [1.165, 1.54) is 12.1 Å². The number of sulfonamides is 1. The first-order valence-electron chi connectivity index (χ1n) is 6.16. The highest BCUT2D eigenvalue weighted by molar-refractivity contribution is 7.89. The Morgan fingerprint density at radius 3 is 2.81 bits per heavy atom. The summed E-state index contributed by atoms with van der Waals surface area (Å²) in [6, 6.07) is 4.38. The molecule has 21 heavy (non-hydrogen) atoms. The summed E-state index contributed by atoms with van der Waals surface area (Å²) in [6.45, 7) is -0.00782. The largest absolute Gasteiger partial charge is 0.479 e. The zero-order valence-electron chi connectivity index (χ0n) is 10.9. The molecule has 2 atom stereocenters. The van der Waals surface area contributed by atoms with Gasteiger partial charge in [0.05, 0.1) is 6.10 Å². The summed E-state index contributed by atoms with van der Waals surface area (Å²) >= 11 is 0. The minimum atomic E-state index is -3.76. The van der Waals surface area contributed by atoms with Crippen molar-refractivity contribution in [3.63, 3.8) is 0 Å². The number of aromatic nitrogens is 1. The van der Waals surface area contributed by atoms with Gasteiger partial charge in [-0.05, 0) is 25.0 Å². The Kier molecular flexibility index (Phi) is 4.52. The topological polar surface area (TPSA) is 129 Å². The van der Waals surface area contributed by atoms with E-state index in [1.54, 1.807) is 6.07 Å². The van der Waals surface area contributed by atoms with Crippen LogP contribution >= 0.6 is 0 Å². The van der Waals surface area contributed by atoms with Crippen molar-refractivity contribution in [3.05, 3.63) is 24.0 Å². The van der Waals surface area contributed by atoms with Crippen LogP contribution in [-0.4, -0.2) is 43.2 Å². The van der Waals surface area contributed by atoms with E-state index in [0.29, 0.717) is 12.8 Å². The van der Waals surface area contributed by atoms with Crippen molar-refractivity contribution < 1.29 is 23.1 Å². The van der Waals surface area contributed by atoms with Gasteiger partial charge >= 0.3 is 5.97 Å². The van der Waals surface area contributed by atoms with Crippen LogP contribution in [0.5, 0.6) is 0 Å². The molecule has 0 aromatic carbocycles. The van der Waals surface area contributed by atoms with Crippen LogP contribution in [0.4, 0.5) is 0 Å². The second kappa shape index (κ2) is 6.17. The lowest BCUT2D eigenvalue weighted by Gasteiger charge is -2.12. The highest BCUT2D eigenvalue weighted by atomic mass is 32.2. The van der Waals surface area contributed by atoms with Crippen LogP contribution in [0.2, 0.25) is 0 Å². The maximum atomic E-state index is 12.0. The molecule has 0 bridgehead atoms. The van der Waals surface area contributed by atoms with Crippen LogP contribution in [0.25, 0.3) is 0 Å². The molecule has 1 aliphatic rings. The van der Waals surface area contributed by atoms with Gasteiger partial charge in [-0.15, -0.1) is 0 Å². The maximum absolute atomic E-state index is 12.0. The van der Waals surface area contributed by atoms with Gasteiger partial charge in [-0.1, -0.05) is 0 Å². The van der Waals surface area contributed by atoms with Gasteiger partial charge in [0, 0.05) is 12.7 Å². The third-order valence-corrected chi connectivity index (χ3v) is 4.45. The molecule has 112 valence electrons. The molecule has 0 aliphatic carbocycles. The normalized spacial score (nSPS) is 21.9. The number of aliphatic carboxylic acids is 1. The number of pyridine rings is 1. The Balaban J connectivity index is 1.95. The molecular formula is C12H13N3O5S. The number of nitriles is 1. The molecule has 2 rings (SSSR count). The van der Waals surface area contributed by atoms with Crippen LogP contribution in [0.15, 0.2) is 23.2 Å². The number of carboxylic acid groups (broad SMARTS) is 1. The van der Waals surface area contributed by atoms with E-state index in [4.69, 9.17) is 15.1 Å². The van der Waals surface area contributed by atoms with Crippen molar-refractivity contribution in [2.24, 2.45) is 0 Å². The zero-order valence-corrected chi connectivity index (χ0v) is 11.7. The number of rotatable bonds is 5. The van der Waals surface area contributed by atoms with Crippen LogP contribution in [0, 0.1) is 11.3 Å². The Morgan fingerprint density at radius 1 is 1.52 bits per heavy atom. The fourth-order valence-corrected chi connectivity index (χ4v) is 2.94. The Hall–Kier alpha value is -2.02. The number of nitrogens with zero attached hydrogens (tertiary/aromatic N) is 2. The number of hydrogen-bond donors (Lipinski definition) is 2. The average molecular weight is 311 g/mol. The molecule has 0 spiro atoms. The highest BCUT2D eigenvalue weighted by Crippen LogP contribution is 2.19. The van der Waals surface area contributed by atoms with E-state index in [0.717, 1.165) is 6.20 Å². The summed E-state index contributed by atoms with van der Waals surface area (Å²) in [5.41, 5.74) is 0.123. The van der Waals surface area contributed by atoms with Crippen LogP contribution in [0.1, 0.15) is 18.5 Å². The first-order valence-corrected chi connectivity index (χ1v) is 7.65. The van der Waals surface area contributed by atoms with Crippen LogP contribution in [0.3, 0.4) is 0 Å². The van der Waals surface area contributed by atoms with Gasteiger partial charge in [0.1, 0.15) is 16.7 Å². The second-order valence-electron chi connectivity index (χ2n) is 4.51. The van der Waals surface area contributed by atoms with Crippen molar-refractivity contribution in [1.82, 2.24) is 9.71 Å². The summed E-state index contributed by atoms with van der Waals surface area (Å²) in [5.74, 6) is -1.04.